The van der Waals surface area contributed by atoms with E-state index < -0.39 is 0 Å². The fourth-order valence-corrected chi connectivity index (χ4v) is 3.03. The van der Waals surface area contributed by atoms with Crippen LogP contribution in [0.2, 0.25) is 0 Å². The van der Waals surface area contributed by atoms with Gasteiger partial charge in [0, 0.05) is 0 Å². The van der Waals surface area contributed by atoms with Gasteiger partial charge in [-0.25, -0.2) is 0 Å². The Hall–Kier alpha value is -0.850. The van der Waals surface area contributed by atoms with Gasteiger partial charge >= 0.3 is 0 Å². The maximum Gasteiger partial charge on any atom is 0.252 e. The van der Waals surface area contributed by atoms with Gasteiger partial charge in [-0.3, -0.25) is 0 Å². The fraction of sp³-hybridized carbons (Fsp3) is 0.500. The molecular weight excluding hydrogens is 268 g/mol. The van der Waals surface area contributed by atoms with Crippen LogP contribution in [-0.2, 0) is 11.3 Å². The summed E-state index contributed by atoms with van der Waals surface area (Å²) in [6, 6.07) is 4.10. The van der Waals surface area contributed by atoms with Crippen LogP contribution in [0.1, 0.15) is 18.7 Å². The topological polar surface area (TPSA) is 48.2 Å². The van der Waals surface area contributed by atoms with Crippen LogP contribution in [0.25, 0.3) is 10.7 Å². The highest BCUT2D eigenvalue weighted by molar-refractivity contribution is 8.00. The Bertz CT molecular complexity index is 520. The number of thioether (sulfide) groups is 1. The smallest absolute Gasteiger partial charge is 0.252 e. The van der Waals surface area contributed by atoms with E-state index in [0.29, 0.717) is 18.3 Å². The molecule has 0 aromatic carbocycles. The minimum absolute atomic E-state index is 0.421. The van der Waals surface area contributed by atoms with E-state index in [-0.39, 0.29) is 0 Å². The Morgan fingerprint density at radius 2 is 2.39 bits per heavy atom. The third kappa shape index (κ3) is 2.93. The molecule has 3 rings (SSSR count). The summed E-state index contributed by atoms with van der Waals surface area (Å²) in [7, 11) is 0. The van der Waals surface area contributed by atoms with Gasteiger partial charge in [-0.15, -0.1) is 23.1 Å². The predicted octanol–water partition coefficient (Wildman–Crippen LogP) is 3.45. The number of thiophene rings is 1. The van der Waals surface area contributed by atoms with E-state index in [1.807, 2.05) is 6.07 Å². The summed E-state index contributed by atoms with van der Waals surface area (Å²) >= 11 is 3.40. The average Bonchev–Trinajstić information content (AvgIpc) is 2.92. The highest BCUT2D eigenvalue weighted by Crippen LogP contribution is 2.31. The van der Waals surface area contributed by atoms with Gasteiger partial charge in [0.15, 0.2) is 0 Å². The normalized spacial score (nSPS) is 15.2. The zero-order valence-electron chi connectivity index (χ0n) is 10.1. The van der Waals surface area contributed by atoms with Crippen molar-refractivity contribution in [2.75, 3.05) is 12.9 Å². The molecule has 0 radical (unpaired) electrons. The second-order valence-corrected chi connectivity index (χ2v) is 6.48. The van der Waals surface area contributed by atoms with E-state index >= 15 is 0 Å². The fourth-order valence-electron chi connectivity index (χ4n) is 1.56. The molecule has 0 bridgehead atoms. The molecule has 0 N–H and O–H groups in total. The zero-order chi connectivity index (χ0) is 12.4. The molecule has 2 aromatic heterocycles. The number of hydrogen-bond donors (Lipinski definition) is 0. The molecule has 96 valence electrons. The number of rotatable bonds is 6. The van der Waals surface area contributed by atoms with Crippen molar-refractivity contribution in [2.24, 2.45) is 5.92 Å². The molecule has 0 aliphatic heterocycles. The van der Waals surface area contributed by atoms with Crippen molar-refractivity contribution >= 4 is 23.1 Å². The first-order valence-corrected chi connectivity index (χ1v) is 7.94. The van der Waals surface area contributed by atoms with Crippen LogP contribution >= 0.6 is 23.1 Å². The molecule has 4 nitrogen and oxygen atoms in total. The van der Waals surface area contributed by atoms with Gasteiger partial charge in [-0.2, -0.15) is 4.98 Å². The van der Waals surface area contributed by atoms with Crippen LogP contribution in [0.15, 0.2) is 20.9 Å². The Morgan fingerprint density at radius 1 is 1.50 bits per heavy atom. The van der Waals surface area contributed by atoms with Crippen molar-refractivity contribution in [2.45, 2.75) is 23.7 Å². The standard InChI is InChI=1S/C12H14N2O2S2/c1-17-11-5-4-9(18-11)12-13-10(16-14-12)7-15-6-8-2-3-8/h4-5,8H,2-3,6-7H2,1H3. The van der Waals surface area contributed by atoms with Crippen LogP contribution in [0.3, 0.4) is 0 Å². The van der Waals surface area contributed by atoms with Crippen molar-refractivity contribution in [3.63, 3.8) is 0 Å². The van der Waals surface area contributed by atoms with Crippen molar-refractivity contribution < 1.29 is 9.26 Å². The van der Waals surface area contributed by atoms with E-state index in [4.69, 9.17) is 9.26 Å². The quantitative estimate of drug-likeness (QED) is 0.759. The highest BCUT2D eigenvalue weighted by Gasteiger charge is 2.21. The SMILES string of the molecule is CSc1ccc(-c2noc(COCC3CC3)n2)s1. The summed E-state index contributed by atoms with van der Waals surface area (Å²) in [6.45, 7) is 1.23. The number of hydrogen-bond acceptors (Lipinski definition) is 6. The van der Waals surface area contributed by atoms with Crippen LogP contribution in [0.5, 0.6) is 0 Å². The van der Waals surface area contributed by atoms with Gasteiger partial charge in [0.25, 0.3) is 5.89 Å². The first-order valence-electron chi connectivity index (χ1n) is 5.89. The third-order valence-corrected chi connectivity index (χ3v) is 4.91. The van der Waals surface area contributed by atoms with E-state index in [0.717, 1.165) is 17.4 Å². The molecule has 0 saturated heterocycles. The lowest BCUT2D eigenvalue weighted by Crippen LogP contribution is -1.96. The maximum absolute atomic E-state index is 5.52. The largest absolute Gasteiger partial charge is 0.371 e. The highest BCUT2D eigenvalue weighted by atomic mass is 32.2. The second-order valence-electron chi connectivity index (χ2n) is 4.29. The molecule has 0 unspecified atom stereocenters. The molecule has 6 heteroatoms. The first-order chi connectivity index (χ1) is 8.85. The zero-order valence-corrected chi connectivity index (χ0v) is 11.7. The van der Waals surface area contributed by atoms with Gasteiger partial charge in [0.2, 0.25) is 5.82 Å². The summed E-state index contributed by atoms with van der Waals surface area (Å²) in [4.78, 5) is 5.38. The van der Waals surface area contributed by atoms with Gasteiger partial charge < -0.3 is 9.26 Å². The lowest BCUT2D eigenvalue weighted by molar-refractivity contribution is 0.0894. The Balaban J connectivity index is 1.60. The number of ether oxygens (including phenoxy) is 1. The first kappa shape index (κ1) is 12.2. The van der Waals surface area contributed by atoms with E-state index in [1.165, 1.54) is 17.1 Å². The molecule has 0 spiro atoms. The summed E-state index contributed by atoms with van der Waals surface area (Å²) in [5.41, 5.74) is 0. The monoisotopic (exact) mass is 282 g/mol. The van der Waals surface area contributed by atoms with Gasteiger partial charge in [0.05, 0.1) is 15.7 Å². The van der Waals surface area contributed by atoms with E-state index in [2.05, 4.69) is 22.5 Å². The minimum Gasteiger partial charge on any atom is -0.371 e. The summed E-state index contributed by atoms with van der Waals surface area (Å²) < 4.78 is 12.0. The number of nitrogens with zero attached hydrogens (tertiary/aromatic N) is 2. The minimum atomic E-state index is 0.421. The lowest BCUT2D eigenvalue weighted by atomic mass is 10.4. The molecule has 2 heterocycles. The Kier molecular flexibility index (Phi) is 3.67. The Morgan fingerprint density at radius 3 is 3.11 bits per heavy atom. The predicted molar refractivity (Wildman–Crippen MR) is 71.8 cm³/mol. The summed E-state index contributed by atoms with van der Waals surface area (Å²) in [6.07, 6.45) is 4.65. The van der Waals surface area contributed by atoms with Gasteiger partial charge in [-0.05, 0) is 37.1 Å². The molecule has 1 fully saturated rings. The lowest BCUT2D eigenvalue weighted by Gasteiger charge is -1.96. The van der Waals surface area contributed by atoms with Crippen LogP contribution in [-0.4, -0.2) is 23.0 Å². The molecule has 18 heavy (non-hydrogen) atoms. The molecule has 1 aliphatic rings. The average molecular weight is 282 g/mol. The van der Waals surface area contributed by atoms with Gasteiger partial charge in [-0.1, -0.05) is 5.16 Å². The Labute approximate surface area is 114 Å². The van der Waals surface area contributed by atoms with Crippen molar-refractivity contribution in [3.05, 3.63) is 18.0 Å². The van der Waals surface area contributed by atoms with Crippen LogP contribution < -0.4 is 0 Å². The van der Waals surface area contributed by atoms with Crippen LogP contribution in [0, 0.1) is 5.92 Å². The van der Waals surface area contributed by atoms with Crippen molar-refractivity contribution in [1.29, 1.82) is 0 Å². The second kappa shape index (κ2) is 5.42. The molecule has 0 amide bonds. The number of aromatic nitrogens is 2. The maximum atomic E-state index is 5.52. The van der Waals surface area contributed by atoms with Crippen LogP contribution in [0.4, 0.5) is 0 Å². The molecular formula is C12H14N2O2S2. The van der Waals surface area contributed by atoms with Crippen molar-refractivity contribution in [1.82, 2.24) is 10.1 Å². The van der Waals surface area contributed by atoms with Crippen molar-refractivity contribution in [3.8, 4) is 10.7 Å². The van der Waals surface area contributed by atoms with E-state index in [1.54, 1.807) is 23.1 Å². The molecule has 1 saturated carbocycles. The summed E-state index contributed by atoms with van der Waals surface area (Å²) in [5.74, 6) is 1.98. The van der Waals surface area contributed by atoms with E-state index in [9.17, 15) is 0 Å². The molecule has 1 aliphatic carbocycles. The van der Waals surface area contributed by atoms with Gasteiger partial charge in [0.1, 0.15) is 6.61 Å². The molecule has 0 atom stereocenters. The summed E-state index contributed by atoms with van der Waals surface area (Å²) in [5, 5.41) is 3.98. The third-order valence-electron chi connectivity index (χ3n) is 2.75. The molecule has 2 aromatic rings.